The summed E-state index contributed by atoms with van der Waals surface area (Å²) in [6.45, 7) is 0.400. The lowest BCUT2D eigenvalue weighted by Crippen LogP contribution is -2.04. The molecule has 0 amide bonds. The highest BCUT2D eigenvalue weighted by molar-refractivity contribution is 5.59. The topological polar surface area (TPSA) is 54.7 Å². The highest BCUT2D eigenvalue weighted by atomic mass is 19.4. The van der Waals surface area contributed by atoms with E-state index in [1.165, 1.54) is 0 Å². The largest absolute Gasteiger partial charge is 0.435 e. The molecule has 0 aliphatic carbocycles. The fraction of sp³-hybridized carbons (Fsp3) is 0.182. The molecule has 0 saturated heterocycles. The van der Waals surface area contributed by atoms with E-state index in [0.29, 0.717) is 17.8 Å². The normalized spacial score (nSPS) is 11.8. The molecule has 0 unspecified atom stereocenters. The van der Waals surface area contributed by atoms with Gasteiger partial charge in [-0.2, -0.15) is 18.3 Å². The van der Waals surface area contributed by atoms with E-state index in [9.17, 15) is 13.2 Å². The van der Waals surface area contributed by atoms with Gasteiger partial charge in [-0.1, -0.05) is 24.3 Å². The van der Waals surface area contributed by atoms with Crippen molar-refractivity contribution in [2.24, 2.45) is 5.73 Å². The standard InChI is InChI=1S/C11H10F3N3/c12-11(13,14)10-5-9(16-17-10)8-3-1-7(6-15)2-4-8/h1-5H,6,15H2,(H,16,17). The average Bonchev–Trinajstić information content (AvgIpc) is 2.78. The van der Waals surface area contributed by atoms with E-state index in [1.54, 1.807) is 24.3 Å². The number of alkyl halides is 3. The summed E-state index contributed by atoms with van der Waals surface area (Å²) in [4.78, 5) is 0. The van der Waals surface area contributed by atoms with E-state index >= 15 is 0 Å². The molecular formula is C11H10F3N3. The van der Waals surface area contributed by atoms with Crippen LogP contribution in [0.4, 0.5) is 13.2 Å². The van der Waals surface area contributed by atoms with Gasteiger partial charge in [0.25, 0.3) is 0 Å². The predicted octanol–water partition coefficient (Wildman–Crippen LogP) is 2.55. The minimum absolute atomic E-state index is 0.334. The first-order valence-corrected chi connectivity index (χ1v) is 4.92. The molecule has 0 atom stereocenters. The van der Waals surface area contributed by atoms with Gasteiger partial charge >= 0.3 is 6.18 Å². The molecule has 6 heteroatoms. The van der Waals surface area contributed by atoms with Crippen LogP contribution in [0, 0.1) is 0 Å². The molecule has 17 heavy (non-hydrogen) atoms. The Bertz CT molecular complexity index is 499. The fourth-order valence-electron chi connectivity index (χ4n) is 1.44. The number of H-pyrrole nitrogens is 1. The third-order valence-corrected chi connectivity index (χ3v) is 2.37. The number of rotatable bonds is 2. The Morgan fingerprint density at radius 2 is 1.82 bits per heavy atom. The Balaban J connectivity index is 2.30. The lowest BCUT2D eigenvalue weighted by Gasteiger charge is -2.00. The number of hydrogen-bond acceptors (Lipinski definition) is 2. The summed E-state index contributed by atoms with van der Waals surface area (Å²) >= 11 is 0. The van der Waals surface area contributed by atoms with Gasteiger partial charge in [-0.15, -0.1) is 0 Å². The Hall–Kier alpha value is -1.82. The molecule has 0 fully saturated rings. The van der Waals surface area contributed by atoms with Crippen molar-refractivity contribution >= 4 is 0 Å². The first-order valence-electron chi connectivity index (χ1n) is 4.92. The molecule has 1 heterocycles. The predicted molar refractivity (Wildman–Crippen MR) is 56.9 cm³/mol. The van der Waals surface area contributed by atoms with Crippen molar-refractivity contribution in [3.8, 4) is 11.3 Å². The van der Waals surface area contributed by atoms with Crippen LogP contribution in [0.3, 0.4) is 0 Å². The maximum Gasteiger partial charge on any atom is 0.435 e. The number of aromatic amines is 1. The summed E-state index contributed by atoms with van der Waals surface area (Å²) in [5.74, 6) is 0. The van der Waals surface area contributed by atoms with Gasteiger partial charge in [0.05, 0.1) is 5.69 Å². The van der Waals surface area contributed by atoms with E-state index in [4.69, 9.17) is 5.73 Å². The highest BCUT2D eigenvalue weighted by Crippen LogP contribution is 2.30. The van der Waals surface area contributed by atoms with E-state index in [-0.39, 0.29) is 0 Å². The summed E-state index contributed by atoms with van der Waals surface area (Å²) in [5, 5.41) is 5.60. The van der Waals surface area contributed by atoms with E-state index in [0.717, 1.165) is 11.6 Å². The van der Waals surface area contributed by atoms with Crippen molar-refractivity contribution in [1.29, 1.82) is 0 Å². The van der Waals surface area contributed by atoms with Crippen LogP contribution in [0.5, 0.6) is 0 Å². The van der Waals surface area contributed by atoms with Gasteiger partial charge < -0.3 is 5.73 Å². The summed E-state index contributed by atoms with van der Waals surface area (Å²) < 4.78 is 37.0. The molecule has 0 aliphatic rings. The first-order chi connectivity index (χ1) is 8.00. The van der Waals surface area contributed by atoms with Crippen LogP contribution < -0.4 is 5.73 Å². The first kappa shape index (κ1) is 11.7. The van der Waals surface area contributed by atoms with Crippen molar-refractivity contribution in [2.75, 3.05) is 0 Å². The molecule has 3 nitrogen and oxygen atoms in total. The van der Waals surface area contributed by atoms with Crippen LogP contribution in [0.2, 0.25) is 0 Å². The number of nitrogens with one attached hydrogen (secondary N) is 1. The Labute approximate surface area is 95.5 Å². The number of nitrogens with zero attached hydrogens (tertiary/aromatic N) is 1. The average molecular weight is 241 g/mol. The van der Waals surface area contributed by atoms with Crippen molar-refractivity contribution in [3.05, 3.63) is 41.6 Å². The van der Waals surface area contributed by atoms with Crippen LogP contribution in [-0.2, 0) is 12.7 Å². The van der Waals surface area contributed by atoms with Crippen LogP contribution in [0.15, 0.2) is 30.3 Å². The Kier molecular flexibility index (Phi) is 2.89. The van der Waals surface area contributed by atoms with Gasteiger partial charge in [-0.05, 0) is 17.2 Å². The number of benzene rings is 1. The molecule has 1 aromatic carbocycles. The number of hydrogen-bond donors (Lipinski definition) is 2. The van der Waals surface area contributed by atoms with Gasteiger partial charge in [0, 0.05) is 6.54 Å². The van der Waals surface area contributed by atoms with Crippen LogP contribution in [0.1, 0.15) is 11.3 Å². The van der Waals surface area contributed by atoms with Crippen molar-refractivity contribution < 1.29 is 13.2 Å². The molecule has 2 rings (SSSR count). The molecule has 90 valence electrons. The van der Waals surface area contributed by atoms with Gasteiger partial charge in [0.15, 0.2) is 5.69 Å². The second kappa shape index (κ2) is 4.21. The van der Waals surface area contributed by atoms with E-state index in [2.05, 4.69) is 10.2 Å². The third-order valence-electron chi connectivity index (χ3n) is 2.37. The molecule has 3 N–H and O–H groups in total. The third kappa shape index (κ3) is 2.47. The van der Waals surface area contributed by atoms with Crippen LogP contribution >= 0.6 is 0 Å². The highest BCUT2D eigenvalue weighted by Gasteiger charge is 2.33. The second-order valence-corrected chi connectivity index (χ2v) is 3.57. The van der Waals surface area contributed by atoms with Gasteiger partial charge in [-0.3, -0.25) is 5.10 Å². The zero-order valence-corrected chi connectivity index (χ0v) is 8.75. The molecule has 2 aromatic rings. The smallest absolute Gasteiger partial charge is 0.326 e. The van der Waals surface area contributed by atoms with Gasteiger partial charge in [0.1, 0.15) is 0 Å². The van der Waals surface area contributed by atoms with E-state index in [1.807, 2.05) is 0 Å². The van der Waals surface area contributed by atoms with Gasteiger partial charge in [-0.25, -0.2) is 0 Å². The van der Waals surface area contributed by atoms with Crippen molar-refractivity contribution in [2.45, 2.75) is 12.7 Å². The van der Waals surface area contributed by atoms with E-state index < -0.39 is 11.9 Å². The molecule has 0 spiro atoms. The molecule has 0 saturated carbocycles. The SMILES string of the molecule is NCc1ccc(-c2cc(C(F)(F)F)n[nH]2)cc1. The molecule has 0 aliphatic heterocycles. The zero-order valence-electron chi connectivity index (χ0n) is 8.75. The molecular weight excluding hydrogens is 231 g/mol. The van der Waals surface area contributed by atoms with Crippen molar-refractivity contribution in [3.63, 3.8) is 0 Å². The fourth-order valence-corrected chi connectivity index (χ4v) is 1.44. The maximum absolute atomic E-state index is 12.3. The maximum atomic E-state index is 12.3. The van der Waals surface area contributed by atoms with Crippen molar-refractivity contribution in [1.82, 2.24) is 10.2 Å². The van der Waals surface area contributed by atoms with Crippen LogP contribution in [0.25, 0.3) is 11.3 Å². The van der Waals surface area contributed by atoms with Gasteiger partial charge in [0.2, 0.25) is 0 Å². The summed E-state index contributed by atoms with van der Waals surface area (Å²) in [7, 11) is 0. The second-order valence-electron chi connectivity index (χ2n) is 3.57. The minimum atomic E-state index is -4.42. The quantitative estimate of drug-likeness (QED) is 0.848. The zero-order chi connectivity index (χ0) is 12.5. The Morgan fingerprint density at radius 3 is 2.29 bits per heavy atom. The molecule has 0 bridgehead atoms. The molecule has 1 aromatic heterocycles. The number of aromatic nitrogens is 2. The molecule has 0 radical (unpaired) electrons. The monoisotopic (exact) mass is 241 g/mol. The number of nitrogens with two attached hydrogens (primary N) is 1. The summed E-state index contributed by atoms with van der Waals surface area (Å²) in [5.41, 5.74) is 6.41. The number of halogens is 3. The minimum Gasteiger partial charge on any atom is -0.326 e. The van der Waals surface area contributed by atoms with Crippen LogP contribution in [-0.4, -0.2) is 10.2 Å². The lowest BCUT2D eigenvalue weighted by atomic mass is 10.1. The summed E-state index contributed by atoms with van der Waals surface area (Å²) in [6.07, 6.45) is -4.42. The lowest BCUT2D eigenvalue weighted by molar-refractivity contribution is -0.141. The summed E-state index contributed by atoms with van der Waals surface area (Å²) in [6, 6.07) is 7.93. The Morgan fingerprint density at radius 1 is 1.18 bits per heavy atom.